The molecule has 0 aromatic carbocycles. The Bertz CT molecular complexity index is 330. The quantitative estimate of drug-likeness (QED) is 0.547. The first-order valence-corrected chi connectivity index (χ1v) is 5.94. The van der Waals surface area contributed by atoms with Gasteiger partial charge in [-0.3, -0.25) is 9.59 Å². The fourth-order valence-corrected chi connectivity index (χ4v) is 1.93. The molecule has 17 heavy (non-hydrogen) atoms. The second kappa shape index (κ2) is 4.90. The van der Waals surface area contributed by atoms with Gasteiger partial charge in [-0.25, -0.2) is 0 Å². The van der Waals surface area contributed by atoms with E-state index in [0.29, 0.717) is 6.42 Å². The van der Waals surface area contributed by atoms with Crippen molar-refractivity contribution in [2.75, 3.05) is 0 Å². The van der Waals surface area contributed by atoms with E-state index in [1.54, 1.807) is 20.8 Å². The zero-order valence-corrected chi connectivity index (χ0v) is 11.0. The van der Waals surface area contributed by atoms with Crippen molar-refractivity contribution in [3.05, 3.63) is 12.8 Å². The minimum atomic E-state index is -0.677. The first-order valence-electron chi connectivity index (χ1n) is 5.94. The third kappa shape index (κ3) is 3.32. The van der Waals surface area contributed by atoms with Crippen molar-refractivity contribution in [3.8, 4) is 0 Å². The van der Waals surface area contributed by atoms with Crippen LogP contribution in [0, 0.1) is 5.92 Å². The molecule has 4 heteroatoms. The van der Waals surface area contributed by atoms with E-state index < -0.39 is 17.5 Å². The zero-order chi connectivity index (χ0) is 13.2. The van der Waals surface area contributed by atoms with Gasteiger partial charge in [-0.1, -0.05) is 6.58 Å². The molecule has 0 saturated carbocycles. The average Bonchev–Trinajstić information content (AvgIpc) is 2.15. The van der Waals surface area contributed by atoms with Crippen LogP contribution in [0.25, 0.3) is 0 Å². The number of hydrogen-bond acceptors (Lipinski definition) is 3. The lowest BCUT2D eigenvalue weighted by Crippen LogP contribution is -2.47. The summed E-state index contributed by atoms with van der Waals surface area (Å²) in [5.74, 6) is -1.31. The van der Waals surface area contributed by atoms with Gasteiger partial charge in [0.15, 0.2) is 0 Å². The Morgan fingerprint density at radius 1 is 1.47 bits per heavy atom. The predicted molar refractivity (Wildman–Crippen MR) is 65.1 cm³/mol. The molecule has 0 bridgehead atoms. The minimum absolute atomic E-state index is 0.110. The van der Waals surface area contributed by atoms with E-state index in [0.717, 1.165) is 6.42 Å². The second-order valence-corrected chi connectivity index (χ2v) is 5.44. The van der Waals surface area contributed by atoms with E-state index >= 15 is 0 Å². The summed E-state index contributed by atoms with van der Waals surface area (Å²) in [5.41, 5.74) is -0.556. The van der Waals surface area contributed by atoms with Gasteiger partial charge in [-0.05, 0) is 46.7 Å². The van der Waals surface area contributed by atoms with Crippen LogP contribution in [-0.4, -0.2) is 28.4 Å². The summed E-state index contributed by atoms with van der Waals surface area (Å²) < 4.78 is 5.25. The molecule has 0 aromatic heterocycles. The van der Waals surface area contributed by atoms with Gasteiger partial charge in [0.2, 0.25) is 5.91 Å². The van der Waals surface area contributed by atoms with Crippen LogP contribution in [0.5, 0.6) is 0 Å². The highest BCUT2D eigenvalue weighted by atomic mass is 16.6. The lowest BCUT2D eigenvalue weighted by atomic mass is 9.93. The molecule has 4 nitrogen and oxygen atoms in total. The monoisotopic (exact) mass is 239 g/mol. The number of carbonyl (C=O) groups is 2. The van der Waals surface area contributed by atoms with E-state index in [1.165, 1.54) is 11.1 Å². The molecule has 1 amide bonds. The smallest absolute Gasteiger partial charge is 0.319 e. The Morgan fingerprint density at radius 2 is 2.06 bits per heavy atom. The molecule has 1 rings (SSSR count). The normalized spacial score (nSPS) is 25.6. The van der Waals surface area contributed by atoms with Crippen molar-refractivity contribution in [1.29, 1.82) is 0 Å². The number of piperidine rings is 1. The van der Waals surface area contributed by atoms with Crippen LogP contribution in [0.1, 0.15) is 40.5 Å². The maximum absolute atomic E-state index is 12.0. The van der Waals surface area contributed by atoms with E-state index in [9.17, 15) is 9.59 Å². The van der Waals surface area contributed by atoms with Gasteiger partial charge in [0.1, 0.15) is 11.5 Å². The van der Waals surface area contributed by atoms with Crippen LogP contribution in [0.4, 0.5) is 0 Å². The van der Waals surface area contributed by atoms with Gasteiger partial charge in [0, 0.05) is 6.04 Å². The highest BCUT2D eigenvalue weighted by molar-refractivity contribution is 5.98. The van der Waals surface area contributed by atoms with Crippen molar-refractivity contribution < 1.29 is 14.3 Å². The molecule has 0 aliphatic carbocycles. The largest absolute Gasteiger partial charge is 0.459 e. The summed E-state index contributed by atoms with van der Waals surface area (Å²) in [4.78, 5) is 25.5. The van der Waals surface area contributed by atoms with Gasteiger partial charge in [-0.2, -0.15) is 0 Å². The molecule has 1 fully saturated rings. The van der Waals surface area contributed by atoms with Crippen LogP contribution in [0.15, 0.2) is 12.8 Å². The van der Waals surface area contributed by atoms with E-state index in [1.807, 2.05) is 6.92 Å². The summed E-state index contributed by atoms with van der Waals surface area (Å²) in [5, 5.41) is 0. The first kappa shape index (κ1) is 13.7. The number of amides is 1. The van der Waals surface area contributed by atoms with Crippen LogP contribution >= 0.6 is 0 Å². The molecular weight excluding hydrogens is 218 g/mol. The number of ether oxygens (including phenoxy) is 1. The summed E-state index contributed by atoms with van der Waals surface area (Å²) in [6, 6.07) is 0.110. The summed E-state index contributed by atoms with van der Waals surface area (Å²) in [7, 11) is 0. The van der Waals surface area contributed by atoms with E-state index in [-0.39, 0.29) is 11.9 Å². The van der Waals surface area contributed by atoms with Crippen LogP contribution in [0.3, 0.4) is 0 Å². The maximum Gasteiger partial charge on any atom is 0.319 e. The Labute approximate surface area is 103 Å². The fraction of sp³-hybridized carbons (Fsp3) is 0.692. The molecule has 2 atom stereocenters. The Balaban J connectivity index is 2.75. The molecule has 1 saturated heterocycles. The molecule has 0 radical (unpaired) electrons. The Hall–Kier alpha value is -1.32. The molecule has 2 unspecified atom stereocenters. The standard InChI is InChI=1S/C13H21NO3/c1-6-14-9(2)7-8-10(11(14)15)12(16)17-13(3,4)5/h6,9-10H,1,7-8H2,2-5H3. The first-order chi connectivity index (χ1) is 7.76. The number of carbonyl (C=O) groups excluding carboxylic acids is 2. The van der Waals surface area contributed by atoms with E-state index in [4.69, 9.17) is 4.74 Å². The fourth-order valence-electron chi connectivity index (χ4n) is 1.93. The van der Waals surface area contributed by atoms with Gasteiger partial charge in [0.25, 0.3) is 0 Å². The summed E-state index contributed by atoms with van der Waals surface area (Å²) in [6.45, 7) is 10.9. The van der Waals surface area contributed by atoms with E-state index in [2.05, 4.69) is 6.58 Å². The van der Waals surface area contributed by atoms with Crippen molar-refractivity contribution in [2.24, 2.45) is 5.92 Å². The third-order valence-electron chi connectivity index (χ3n) is 2.79. The minimum Gasteiger partial charge on any atom is -0.459 e. The van der Waals surface area contributed by atoms with Gasteiger partial charge < -0.3 is 9.64 Å². The highest BCUT2D eigenvalue weighted by Crippen LogP contribution is 2.25. The van der Waals surface area contributed by atoms with Crippen LogP contribution in [0.2, 0.25) is 0 Å². The topological polar surface area (TPSA) is 46.6 Å². The molecule has 96 valence electrons. The Kier molecular flexibility index (Phi) is 3.96. The SMILES string of the molecule is C=CN1C(=O)C(C(=O)OC(C)(C)C)CCC1C. The molecule has 1 aliphatic heterocycles. The number of rotatable bonds is 2. The van der Waals surface area contributed by atoms with Crippen LogP contribution < -0.4 is 0 Å². The second-order valence-electron chi connectivity index (χ2n) is 5.44. The van der Waals surface area contributed by atoms with Gasteiger partial charge in [0.05, 0.1) is 0 Å². The summed E-state index contributed by atoms with van der Waals surface area (Å²) in [6.07, 6.45) is 2.84. The maximum atomic E-state index is 12.0. The number of likely N-dealkylation sites (tertiary alicyclic amines) is 1. The van der Waals surface area contributed by atoms with Crippen molar-refractivity contribution in [2.45, 2.75) is 52.2 Å². The zero-order valence-electron chi connectivity index (χ0n) is 11.0. The van der Waals surface area contributed by atoms with Crippen LogP contribution in [-0.2, 0) is 14.3 Å². The van der Waals surface area contributed by atoms with Crippen molar-refractivity contribution >= 4 is 11.9 Å². The van der Waals surface area contributed by atoms with Crippen molar-refractivity contribution in [3.63, 3.8) is 0 Å². The molecule has 0 aromatic rings. The lowest BCUT2D eigenvalue weighted by molar-refractivity contribution is -0.166. The predicted octanol–water partition coefficient (Wildman–Crippen LogP) is 2.10. The van der Waals surface area contributed by atoms with Gasteiger partial charge in [-0.15, -0.1) is 0 Å². The summed E-state index contributed by atoms with van der Waals surface area (Å²) >= 11 is 0. The lowest BCUT2D eigenvalue weighted by Gasteiger charge is -2.35. The molecule has 1 heterocycles. The number of nitrogens with zero attached hydrogens (tertiary/aromatic N) is 1. The van der Waals surface area contributed by atoms with Crippen molar-refractivity contribution in [1.82, 2.24) is 4.90 Å². The third-order valence-corrected chi connectivity index (χ3v) is 2.79. The number of hydrogen-bond donors (Lipinski definition) is 0. The molecule has 1 aliphatic rings. The molecule has 0 N–H and O–H groups in total. The molecular formula is C13H21NO3. The average molecular weight is 239 g/mol. The van der Waals surface area contributed by atoms with Gasteiger partial charge >= 0.3 is 5.97 Å². The Morgan fingerprint density at radius 3 is 2.53 bits per heavy atom. The molecule has 0 spiro atoms. The highest BCUT2D eigenvalue weighted by Gasteiger charge is 2.38. The number of esters is 1.